The van der Waals surface area contributed by atoms with Crippen molar-refractivity contribution >= 4 is 17.4 Å². The maximum atomic E-state index is 13.5. The largest absolute Gasteiger partial charge is 0.287 e. The molecule has 2 rings (SSSR count). The molecule has 0 unspecified atom stereocenters. The molecule has 0 spiro atoms. The minimum Gasteiger partial charge on any atom is -0.287 e. The molecule has 0 saturated carbocycles. The molecule has 0 amide bonds. The van der Waals surface area contributed by atoms with Crippen LogP contribution >= 0.6 is 11.6 Å². The van der Waals surface area contributed by atoms with Crippen molar-refractivity contribution in [1.82, 2.24) is 9.78 Å². The monoisotopic (exact) mass is 288 g/mol. The van der Waals surface area contributed by atoms with Gasteiger partial charge in [-0.05, 0) is 6.92 Å². The Morgan fingerprint density at radius 1 is 1.32 bits per heavy atom. The van der Waals surface area contributed by atoms with Crippen LogP contribution in [-0.4, -0.2) is 15.6 Å². The van der Waals surface area contributed by atoms with Gasteiger partial charge in [-0.25, -0.2) is 13.2 Å². The van der Waals surface area contributed by atoms with E-state index in [1.54, 1.807) is 6.92 Å². The third kappa shape index (κ3) is 2.35. The number of hydrogen-bond acceptors (Lipinski definition) is 2. The molecule has 7 heteroatoms. The zero-order valence-electron chi connectivity index (χ0n) is 9.75. The molecular weight excluding hydrogens is 281 g/mol. The number of nitrogens with zero attached hydrogens (tertiary/aromatic N) is 2. The molecule has 3 nitrogen and oxygen atoms in total. The van der Waals surface area contributed by atoms with Crippen LogP contribution in [-0.2, 0) is 6.54 Å². The molecule has 0 N–H and O–H groups in total. The maximum Gasteiger partial charge on any atom is 0.218 e. The quantitative estimate of drug-likeness (QED) is 0.813. The molecule has 19 heavy (non-hydrogen) atoms. The van der Waals surface area contributed by atoms with Gasteiger partial charge in [0.15, 0.2) is 0 Å². The van der Waals surface area contributed by atoms with E-state index >= 15 is 0 Å². The van der Waals surface area contributed by atoms with E-state index in [2.05, 4.69) is 5.10 Å². The maximum absolute atomic E-state index is 13.5. The highest BCUT2D eigenvalue weighted by molar-refractivity contribution is 6.34. The summed E-state index contributed by atoms with van der Waals surface area (Å²) in [4.78, 5) is 12.1. The van der Waals surface area contributed by atoms with Crippen molar-refractivity contribution in [3.05, 3.63) is 52.1 Å². The van der Waals surface area contributed by atoms with Gasteiger partial charge in [-0.3, -0.25) is 9.48 Å². The van der Waals surface area contributed by atoms with Gasteiger partial charge >= 0.3 is 0 Å². The highest BCUT2D eigenvalue weighted by atomic mass is 35.5. The zero-order chi connectivity index (χ0) is 14.2. The van der Waals surface area contributed by atoms with Gasteiger partial charge in [-0.2, -0.15) is 5.10 Å². The number of benzene rings is 1. The average Bonchev–Trinajstić information content (AvgIpc) is 2.68. The summed E-state index contributed by atoms with van der Waals surface area (Å²) < 4.78 is 41.1. The fourth-order valence-electron chi connectivity index (χ4n) is 1.71. The second kappa shape index (κ2) is 5.05. The predicted octanol–water partition coefficient (Wildman–Crippen LogP) is 3.20. The van der Waals surface area contributed by atoms with Crippen LogP contribution in [0.15, 0.2) is 18.3 Å². The number of aryl methyl sites for hydroxylation is 1. The Labute approximate surface area is 111 Å². The minimum atomic E-state index is -1.28. The Morgan fingerprint density at radius 3 is 2.42 bits per heavy atom. The average molecular weight is 289 g/mol. The molecule has 0 radical (unpaired) electrons. The molecule has 0 saturated heterocycles. The molecule has 1 aromatic carbocycles. The van der Waals surface area contributed by atoms with Crippen molar-refractivity contribution in [2.45, 2.75) is 13.5 Å². The number of hydrogen-bond donors (Lipinski definition) is 0. The summed E-state index contributed by atoms with van der Waals surface area (Å²) >= 11 is 5.78. The third-order valence-corrected chi connectivity index (χ3v) is 2.82. The van der Waals surface area contributed by atoms with Crippen molar-refractivity contribution in [1.29, 1.82) is 0 Å². The standard InChI is InChI=1S/C12H8ClF3N2O/c1-2-18-11(7(13)5-17-18)12(19)10-8(15)3-6(14)4-9(10)16/h3-5H,2H2,1H3. The lowest BCUT2D eigenvalue weighted by atomic mass is 10.1. The Kier molecular flexibility index (Phi) is 3.61. The molecule has 0 aliphatic heterocycles. The van der Waals surface area contributed by atoms with Crippen molar-refractivity contribution in [2.24, 2.45) is 0 Å². The zero-order valence-corrected chi connectivity index (χ0v) is 10.5. The van der Waals surface area contributed by atoms with Crippen molar-refractivity contribution in [2.75, 3.05) is 0 Å². The Hall–Kier alpha value is -1.82. The van der Waals surface area contributed by atoms with Gasteiger partial charge in [0.1, 0.15) is 23.1 Å². The van der Waals surface area contributed by atoms with Gasteiger partial charge in [-0.15, -0.1) is 0 Å². The third-order valence-electron chi connectivity index (χ3n) is 2.54. The van der Waals surface area contributed by atoms with Crippen molar-refractivity contribution < 1.29 is 18.0 Å². The topological polar surface area (TPSA) is 34.9 Å². The molecule has 100 valence electrons. The first-order valence-electron chi connectivity index (χ1n) is 5.36. The Morgan fingerprint density at radius 2 is 1.89 bits per heavy atom. The second-order valence-corrected chi connectivity index (χ2v) is 4.14. The van der Waals surface area contributed by atoms with Crippen LogP contribution in [0, 0.1) is 17.5 Å². The molecular formula is C12H8ClF3N2O. The van der Waals surface area contributed by atoms with E-state index in [4.69, 9.17) is 11.6 Å². The van der Waals surface area contributed by atoms with Crippen LogP contribution in [0.3, 0.4) is 0 Å². The van der Waals surface area contributed by atoms with Crippen LogP contribution in [0.25, 0.3) is 0 Å². The molecule has 1 aromatic heterocycles. The number of carbonyl (C=O) groups is 1. The predicted molar refractivity (Wildman–Crippen MR) is 62.7 cm³/mol. The van der Waals surface area contributed by atoms with Gasteiger partial charge < -0.3 is 0 Å². The summed E-state index contributed by atoms with van der Waals surface area (Å²) in [6, 6.07) is 0.883. The summed E-state index contributed by atoms with van der Waals surface area (Å²) in [5.74, 6) is -4.62. The van der Waals surface area contributed by atoms with Gasteiger partial charge in [0, 0.05) is 18.7 Å². The fraction of sp³-hybridized carbons (Fsp3) is 0.167. The van der Waals surface area contributed by atoms with Crippen molar-refractivity contribution in [3.63, 3.8) is 0 Å². The summed E-state index contributed by atoms with van der Waals surface area (Å²) in [7, 11) is 0. The first-order valence-corrected chi connectivity index (χ1v) is 5.74. The van der Waals surface area contributed by atoms with E-state index in [1.165, 1.54) is 10.9 Å². The lowest BCUT2D eigenvalue weighted by Gasteiger charge is -2.07. The lowest BCUT2D eigenvalue weighted by molar-refractivity contribution is 0.102. The van der Waals surface area contributed by atoms with Gasteiger partial charge in [0.05, 0.1) is 16.8 Å². The van der Waals surface area contributed by atoms with Gasteiger partial charge in [-0.1, -0.05) is 11.6 Å². The first kappa shape index (κ1) is 13.6. The molecule has 2 aromatic rings. The van der Waals surface area contributed by atoms with E-state index < -0.39 is 28.8 Å². The van der Waals surface area contributed by atoms with Crippen LogP contribution in [0.4, 0.5) is 13.2 Å². The highest BCUT2D eigenvalue weighted by Crippen LogP contribution is 2.23. The normalized spacial score (nSPS) is 10.8. The second-order valence-electron chi connectivity index (χ2n) is 3.73. The number of aromatic nitrogens is 2. The van der Waals surface area contributed by atoms with Crippen LogP contribution in [0.1, 0.15) is 23.0 Å². The van der Waals surface area contributed by atoms with E-state index in [0.29, 0.717) is 18.7 Å². The van der Waals surface area contributed by atoms with Crippen LogP contribution in [0.5, 0.6) is 0 Å². The smallest absolute Gasteiger partial charge is 0.218 e. The molecule has 0 aliphatic rings. The summed E-state index contributed by atoms with van der Waals surface area (Å²) in [6.45, 7) is 2.00. The van der Waals surface area contributed by atoms with Crippen molar-refractivity contribution in [3.8, 4) is 0 Å². The number of ketones is 1. The number of rotatable bonds is 3. The van der Waals surface area contributed by atoms with E-state index in [9.17, 15) is 18.0 Å². The molecule has 0 bridgehead atoms. The SMILES string of the molecule is CCn1ncc(Cl)c1C(=O)c1c(F)cc(F)cc1F. The molecule has 1 heterocycles. The van der Waals surface area contributed by atoms with Crippen LogP contribution < -0.4 is 0 Å². The fourth-order valence-corrected chi connectivity index (χ4v) is 1.93. The molecule has 0 aliphatic carbocycles. The molecule has 0 atom stereocenters. The summed E-state index contributed by atoms with van der Waals surface area (Å²) in [6.07, 6.45) is 1.21. The Bertz CT molecular complexity index is 631. The highest BCUT2D eigenvalue weighted by Gasteiger charge is 2.25. The number of halogens is 4. The summed E-state index contributed by atoms with van der Waals surface area (Å²) in [5, 5.41) is 3.78. The Balaban J connectivity index is 2.59. The van der Waals surface area contributed by atoms with E-state index in [0.717, 1.165) is 0 Å². The minimum absolute atomic E-state index is 0.0185. The van der Waals surface area contributed by atoms with Gasteiger partial charge in [0.2, 0.25) is 5.78 Å². The number of carbonyl (C=O) groups excluding carboxylic acids is 1. The first-order chi connectivity index (χ1) is 8.95. The lowest BCUT2D eigenvalue weighted by Crippen LogP contribution is -2.14. The summed E-state index contributed by atoms with van der Waals surface area (Å²) in [5.41, 5.74) is -0.980. The van der Waals surface area contributed by atoms with Gasteiger partial charge in [0.25, 0.3) is 0 Å². The van der Waals surface area contributed by atoms with Crippen LogP contribution in [0.2, 0.25) is 5.02 Å². The molecule has 0 fully saturated rings. The van der Waals surface area contributed by atoms with E-state index in [1.807, 2.05) is 0 Å². The van der Waals surface area contributed by atoms with E-state index in [-0.39, 0.29) is 10.7 Å².